The van der Waals surface area contributed by atoms with Crippen molar-refractivity contribution >= 4 is 31.6 Å². The first-order valence-electron chi connectivity index (χ1n) is 9.40. The fraction of sp³-hybridized carbons (Fsp3) is 0.286. The van der Waals surface area contributed by atoms with E-state index in [0.29, 0.717) is 0 Å². The number of nitrogens with zero attached hydrogens (tertiary/aromatic N) is 3. The van der Waals surface area contributed by atoms with Gasteiger partial charge in [0.05, 0.1) is 10.2 Å². The van der Waals surface area contributed by atoms with Gasteiger partial charge in [-0.1, -0.05) is 42.5 Å². The quantitative estimate of drug-likeness (QED) is 0.569. The first kappa shape index (κ1) is 16.9. The van der Waals surface area contributed by atoms with Gasteiger partial charge < -0.3 is 4.90 Å². The van der Waals surface area contributed by atoms with Crippen molar-refractivity contribution in [3.8, 4) is 11.3 Å². The van der Waals surface area contributed by atoms with Crippen molar-refractivity contribution in [2.75, 3.05) is 33.2 Å². The molecule has 138 valence electrons. The second-order valence-electron chi connectivity index (χ2n) is 7.20. The van der Waals surface area contributed by atoms with Crippen molar-refractivity contribution in [2.45, 2.75) is 6.54 Å². The average Bonchev–Trinajstić information content (AvgIpc) is 3.27. The number of nitrogens with one attached hydrogen (secondary N) is 2. The molecule has 3 heterocycles. The molecule has 0 atom stereocenters. The van der Waals surface area contributed by atoms with Gasteiger partial charge in [0.25, 0.3) is 0 Å². The summed E-state index contributed by atoms with van der Waals surface area (Å²) in [5.41, 5.74) is 8.19. The molecule has 4 aromatic rings. The van der Waals surface area contributed by atoms with Crippen molar-refractivity contribution in [1.29, 1.82) is 0 Å². The number of fused-ring (bicyclic) bond motifs is 3. The van der Waals surface area contributed by atoms with Crippen LogP contribution in [0, 0.1) is 0 Å². The zero-order chi connectivity index (χ0) is 18.2. The minimum atomic E-state index is 0.864. The van der Waals surface area contributed by atoms with Crippen LogP contribution in [0.4, 0.5) is 0 Å². The molecule has 0 bridgehead atoms. The van der Waals surface area contributed by atoms with Crippen LogP contribution in [0.2, 0.25) is 0 Å². The van der Waals surface area contributed by atoms with Gasteiger partial charge in [0.1, 0.15) is 5.69 Å². The van der Waals surface area contributed by atoms with Gasteiger partial charge in [-0.3, -0.25) is 10.5 Å². The van der Waals surface area contributed by atoms with Crippen LogP contribution in [0.1, 0.15) is 5.56 Å². The van der Waals surface area contributed by atoms with E-state index in [1.165, 1.54) is 20.3 Å². The monoisotopic (exact) mass is 377 g/mol. The molecule has 1 aliphatic rings. The summed E-state index contributed by atoms with van der Waals surface area (Å²) in [6.07, 6.45) is 0. The molecular weight excluding hydrogens is 354 g/mol. The molecule has 5 rings (SSSR count). The molecule has 2 aromatic heterocycles. The number of aromatic nitrogens is 2. The largest absolute Gasteiger partial charge is 0.304 e. The van der Waals surface area contributed by atoms with Gasteiger partial charge in [0.2, 0.25) is 0 Å². The second kappa shape index (κ2) is 7.05. The molecule has 1 saturated heterocycles. The molecule has 0 aliphatic carbocycles. The number of hydrogen-bond acceptors (Lipinski definition) is 5. The van der Waals surface area contributed by atoms with Gasteiger partial charge in [0, 0.05) is 48.4 Å². The third kappa shape index (κ3) is 3.26. The predicted molar refractivity (Wildman–Crippen MR) is 113 cm³/mol. The molecule has 27 heavy (non-hydrogen) atoms. The first-order valence-corrected chi connectivity index (χ1v) is 10.2. The maximum Gasteiger partial charge on any atom is 0.110 e. The Hall–Kier alpha value is -2.25. The lowest BCUT2D eigenvalue weighted by Gasteiger charge is -2.32. The topological polar surface area (TPSA) is 47.2 Å². The summed E-state index contributed by atoms with van der Waals surface area (Å²) in [5, 5.41) is 11.4. The van der Waals surface area contributed by atoms with E-state index >= 15 is 0 Å². The zero-order valence-corrected chi connectivity index (χ0v) is 16.2. The van der Waals surface area contributed by atoms with E-state index in [1.807, 2.05) is 0 Å². The summed E-state index contributed by atoms with van der Waals surface area (Å²) >= 11 is 1.81. The van der Waals surface area contributed by atoms with Gasteiger partial charge in [-0.25, -0.2) is 5.01 Å². The Bertz CT molecular complexity index is 1060. The number of rotatable bonds is 4. The molecule has 6 heteroatoms. The Kier molecular flexibility index (Phi) is 4.41. The summed E-state index contributed by atoms with van der Waals surface area (Å²) in [7, 11) is 2.18. The second-order valence-corrected chi connectivity index (χ2v) is 8.25. The van der Waals surface area contributed by atoms with Crippen molar-refractivity contribution in [2.24, 2.45) is 0 Å². The van der Waals surface area contributed by atoms with Crippen molar-refractivity contribution in [3.05, 3.63) is 54.1 Å². The number of likely N-dealkylation sites (N-methyl/N-ethyl adjacent to an activating group) is 1. The van der Waals surface area contributed by atoms with E-state index < -0.39 is 0 Å². The minimum Gasteiger partial charge on any atom is -0.304 e. The minimum absolute atomic E-state index is 0.864. The highest BCUT2D eigenvalue weighted by atomic mass is 32.1. The van der Waals surface area contributed by atoms with E-state index in [-0.39, 0.29) is 0 Å². The number of piperazine rings is 1. The molecule has 5 nitrogen and oxygen atoms in total. The van der Waals surface area contributed by atoms with Gasteiger partial charge >= 0.3 is 0 Å². The third-order valence-electron chi connectivity index (χ3n) is 5.33. The Morgan fingerprint density at radius 2 is 1.81 bits per heavy atom. The number of H-pyrrole nitrogens is 1. The van der Waals surface area contributed by atoms with Gasteiger partial charge in [-0.2, -0.15) is 5.10 Å². The van der Waals surface area contributed by atoms with Gasteiger partial charge in [-0.15, -0.1) is 11.3 Å². The fourth-order valence-electron chi connectivity index (χ4n) is 3.63. The molecule has 1 fully saturated rings. The van der Waals surface area contributed by atoms with Crippen LogP contribution < -0.4 is 5.43 Å². The number of benzene rings is 2. The Morgan fingerprint density at radius 1 is 1.04 bits per heavy atom. The van der Waals surface area contributed by atoms with Gasteiger partial charge in [-0.05, 0) is 18.7 Å². The summed E-state index contributed by atoms with van der Waals surface area (Å²) in [5.74, 6) is 0. The molecule has 0 radical (unpaired) electrons. The van der Waals surface area contributed by atoms with Crippen LogP contribution >= 0.6 is 11.3 Å². The van der Waals surface area contributed by atoms with Crippen LogP contribution in [0.5, 0.6) is 0 Å². The zero-order valence-electron chi connectivity index (χ0n) is 15.4. The third-order valence-corrected chi connectivity index (χ3v) is 6.51. The van der Waals surface area contributed by atoms with Crippen molar-refractivity contribution < 1.29 is 0 Å². The Labute approximate surface area is 162 Å². The summed E-state index contributed by atoms with van der Waals surface area (Å²) < 4.78 is 2.54. The van der Waals surface area contributed by atoms with Crippen LogP contribution in [-0.4, -0.2) is 53.3 Å². The molecule has 0 spiro atoms. The molecule has 2 N–H and O–H groups in total. The van der Waals surface area contributed by atoms with Gasteiger partial charge in [0.15, 0.2) is 0 Å². The highest BCUT2D eigenvalue weighted by molar-refractivity contribution is 7.26. The number of aromatic amines is 1. The molecular formula is C21H23N5S. The highest BCUT2D eigenvalue weighted by Crippen LogP contribution is 2.38. The lowest BCUT2D eigenvalue weighted by molar-refractivity contribution is 0.102. The molecule has 0 unspecified atom stereocenters. The van der Waals surface area contributed by atoms with E-state index in [2.05, 4.69) is 81.1 Å². The average molecular weight is 378 g/mol. The van der Waals surface area contributed by atoms with Crippen molar-refractivity contribution in [1.82, 2.24) is 25.5 Å². The standard InChI is InChI=1S/C21H23N5S/c1-25-10-12-26(13-11-25)22-14-15-6-8-16(9-7-15)19-21-20(24-23-19)17-4-2-3-5-18(17)27-21/h2-9,22H,10-14H2,1H3,(H,23,24). The Morgan fingerprint density at radius 3 is 2.63 bits per heavy atom. The SMILES string of the molecule is CN1CCN(NCc2ccc(-c3n[nH]c4c3sc3ccccc34)cc2)CC1. The number of hydrogen-bond donors (Lipinski definition) is 2. The van der Waals surface area contributed by atoms with Crippen LogP contribution in [0.3, 0.4) is 0 Å². The molecule has 2 aromatic carbocycles. The smallest absolute Gasteiger partial charge is 0.110 e. The number of thiophene rings is 1. The highest BCUT2D eigenvalue weighted by Gasteiger charge is 2.15. The summed E-state index contributed by atoms with van der Waals surface area (Å²) in [6.45, 7) is 5.26. The molecule has 0 amide bonds. The lowest BCUT2D eigenvalue weighted by atomic mass is 10.1. The van der Waals surface area contributed by atoms with Crippen LogP contribution in [-0.2, 0) is 6.54 Å². The Balaban J connectivity index is 1.33. The van der Waals surface area contributed by atoms with Crippen LogP contribution in [0.25, 0.3) is 31.6 Å². The van der Waals surface area contributed by atoms with E-state index in [4.69, 9.17) is 0 Å². The fourth-order valence-corrected chi connectivity index (χ4v) is 4.79. The molecule has 0 saturated carbocycles. The summed E-state index contributed by atoms with van der Waals surface area (Å²) in [6, 6.07) is 17.3. The van der Waals surface area contributed by atoms with E-state index in [9.17, 15) is 0 Å². The van der Waals surface area contributed by atoms with E-state index in [1.54, 1.807) is 11.3 Å². The molecule has 1 aliphatic heterocycles. The predicted octanol–water partition coefficient (Wildman–Crippen LogP) is 3.70. The normalized spacial score (nSPS) is 16.5. The van der Waals surface area contributed by atoms with E-state index in [0.717, 1.165) is 49.5 Å². The van der Waals surface area contributed by atoms with Crippen LogP contribution in [0.15, 0.2) is 48.5 Å². The first-order chi connectivity index (χ1) is 13.3. The maximum atomic E-state index is 4.59. The summed E-state index contributed by atoms with van der Waals surface area (Å²) in [4.78, 5) is 2.37. The lowest BCUT2D eigenvalue weighted by Crippen LogP contribution is -2.50. The maximum absolute atomic E-state index is 4.59. The van der Waals surface area contributed by atoms with Crippen molar-refractivity contribution in [3.63, 3.8) is 0 Å². The number of hydrazine groups is 1.